The molecule has 0 atom stereocenters. The van der Waals surface area contributed by atoms with Crippen LogP contribution < -0.4 is 5.32 Å². The second-order valence-electron chi connectivity index (χ2n) is 6.71. The molecule has 0 fully saturated rings. The molecule has 0 spiro atoms. The van der Waals surface area contributed by atoms with Crippen LogP contribution in [0.4, 0.5) is 5.00 Å². The SMILES string of the molecule is CC(C)OC(=O)c1c(NC(=O)COC(=O)c2ccccn2)sc2c1CCCC2. The number of aromatic nitrogens is 1. The lowest BCUT2D eigenvalue weighted by molar-refractivity contribution is -0.119. The summed E-state index contributed by atoms with van der Waals surface area (Å²) in [5, 5.41) is 3.16. The average molecular weight is 402 g/mol. The largest absolute Gasteiger partial charge is 0.459 e. The third-order valence-corrected chi connectivity index (χ3v) is 5.39. The molecular formula is C20H22N2O5S. The fraction of sp³-hybridized carbons (Fsp3) is 0.400. The van der Waals surface area contributed by atoms with E-state index in [9.17, 15) is 14.4 Å². The number of aryl methyl sites for hydroxylation is 1. The maximum Gasteiger partial charge on any atom is 0.357 e. The molecule has 3 rings (SSSR count). The van der Waals surface area contributed by atoms with Crippen LogP contribution >= 0.6 is 11.3 Å². The van der Waals surface area contributed by atoms with Crippen LogP contribution in [0.15, 0.2) is 24.4 Å². The monoisotopic (exact) mass is 402 g/mol. The van der Waals surface area contributed by atoms with Gasteiger partial charge in [-0.1, -0.05) is 6.07 Å². The minimum atomic E-state index is -0.680. The standard InChI is InChI=1S/C20H22N2O5S/c1-12(2)27-20(25)17-13-7-3-4-9-15(13)28-18(17)22-16(23)11-26-19(24)14-8-5-6-10-21-14/h5-6,8,10,12H,3-4,7,9,11H2,1-2H3,(H,22,23). The van der Waals surface area contributed by atoms with E-state index in [0.717, 1.165) is 36.1 Å². The number of carbonyl (C=O) groups excluding carboxylic acids is 3. The van der Waals surface area contributed by atoms with Crippen molar-refractivity contribution in [1.29, 1.82) is 0 Å². The van der Waals surface area contributed by atoms with E-state index in [2.05, 4.69) is 10.3 Å². The Bertz CT molecular complexity index is 876. The molecule has 8 heteroatoms. The molecule has 0 saturated carbocycles. The zero-order chi connectivity index (χ0) is 20.1. The van der Waals surface area contributed by atoms with Gasteiger partial charge in [0.2, 0.25) is 0 Å². The van der Waals surface area contributed by atoms with Crippen molar-refractivity contribution in [1.82, 2.24) is 4.98 Å². The molecule has 1 amide bonds. The topological polar surface area (TPSA) is 94.6 Å². The highest BCUT2D eigenvalue weighted by atomic mass is 32.1. The van der Waals surface area contributed by atoms with Crippen LogP contribution in [0.25, 0.3) is 0 Å². The zero-order valence-corrected chi connectivity index (χ0v) is 16.6. The Morgan fingerprint density at radius 3 is 2.68 bits per heavy atom. The van der Waals surface area contributed by atoms with Crippen molar-refractivity contribution >= 4 is 34.2 Å². The number of rotatable bonds is 6. The maximum absolute atomic E-state index is 12.6. The molecule has 2 heterocycles. The number of pyridine rings is 1. The maximum atomic E-state index is 12.6. The van der Waals surface area contributed by atoms with Gasteiger partial charge in [-0.25, -0.2) is 14.6 Å². The molecule has 0 aromatic carbocycles. The number of amides is 1. The second-order valence-corrected chi connectivity index (χ2v) is 7.81. The lowest BCUT2D eigenvalue weighted by atomic mass is 9.95. The first-order valence-corrected chi connectivity index (χ1v) is 10.0. The van der Waals surface area contributed by atoms with E-state index in [1.165, 1.54) is 23.6 Å². The van der Waals surface area contributed by atoms with E-state index in [1.54, 1.807) is 26.0 Å². The molecule has 1 N–H and O–H groups in total. The summed E-state index contributed by atoms with van der Waals surface area (Å²) in [6.07, 6.45) is 4.95. The fourth-order valence-electron chi connectivity index (χ4n) is 2.99. The number of nitrogens with zero attached hydrogens (tertiary/aromatic N) is 1. The zero-order valence-electron chi connectivity index (χ0n) is 15.8. The van der Waals surface area contributed by atoms with Crippen LogP contribution in [-0.4, -0.2) is 35.5 Å². The van der Waals surface area contributed by atoms with Crippen molar-refractivity contribution in [3.8, 4) is 0 Å². The fourth-order valence-corrected chi connectivity index (χ4v) is 4.29. The quantitative estimate of drug-likeness (QED) is 0.745. The Morgan fingerprint density at radius 1 is 1.18 bits per heavy atom. The first-order valence-electron chi connectivity index (χ1n) is 9.19. The first-order chi connectivity index (χ1) is 13.5. The van der Waals surface area contributed by atoms with Gasteiger partial charge in [0.15, 0.2) is 6.61 Å². The van der Waals surface area contributed by atoms with Gasteiger partial charge in [0.25, 0.3) is 5.91 Å². The molecule has 7 nitrogen and oxygen atoms in total. The number of carbonyl (C=O) groups is 3. The Morgan fingerprint density at radius 2 is 1.96 bits per heavy atom. The summed E-state index contributed by atoms with van der Waals surface area (Å²) < 4.78 is 10.4. The molecule has 0 aliphatic heterocycles. The van der Waals surface area contributed by atoms with Crippen LogP contribution in [-0.2, 0) is 27.1 Å². The normalized spacial score (nSPS) is 13.0. The number of anilines is 1. The predicted octanol–water partition coefficient (Wildman–Crippen LogP) is 3.38. The van der Waals surface area contributed by atoms with Gasteiger partial charge in [-0.15, -0.1) is 11.3 Å². The Labute approximate surface area is 167 Å². The van der Waals surface area contributed by atoms with E-state index < -0.39 is 24.5 Å². The lowest BCUT2D eigenvalue weighted by Gasteiger charge is -2.14. The summed E-state index contributed by atoms with van der Waals surface area (Å²) >= 11 is 1.39. The van der Waals surface area contributed by atoms with E-state index in [1.807, 2.05) is 0 Å². The Kier molecular flexibility index (Phi) is 6.41. The number of ether oxygens (including phenoxy) is 2. The van der Waals surface area contributed by atoms with Crippen LogP contribution in [0.1, 0.15) is 58.0 Å². The Hall–Kier alpha value is -2.74. The van der Waals surface area contributed by atoms with Crippen LogP contribution in [0.2, 0.25) is 0 Å². The van der Waals surface area contributed by atoms with Crippen LogP contribution in [0, 0.1) is 0 Å². The molecule has 0 saturated heterocycles. The highest BCUT2D eigenvalue weighted by Crippen LogP contribution is 2.38. The molecule has 28 heavy (non-hydrogen) atoms. The molecule has 2 aromatic rings. The highest BCUT2D eigenvalue weighted by molar-refractivity contribution is 7.17. The summed E-state index contributed by atoms with van der Waals surface area (Å²) in [6.45, 7) is 3.11. The molecule has 0 bridgehead atoms. The minimum absolute atomic E-state index is 0.128. The van der Waals surface area contributed by atoms with E-state index in [0.29, 0.717) is 10.6 Å². The van der Waals surface area contributed by atoms with Crippen molar-refractivity contribution in [3.63, 3.8) is 0 Å². The number of hydrogen-bond acceptors (Lipinski definition) is 7. The van der Waals surface area contributed by atoms with Gasteiger partial charge in [0.05, 0.1) is 11.7 Å². The highest BCUT2D eigenvalue weighted by Gasteiger charge is 2.28. The van der Waals surface area contributed by atoms with Gasteiger partial charge in [-0.3, -0.25) is 4.79 Å². The number of fused-ring (bicyclic) bond motifs is 1. The first kappa shape index (κ1) is 20.0. The summed E-state index contributed by atoms with van der Waals surface area (Å²) in [5.74, 6) is -1.63. The number of nitrogens with one attached hydrogen (secondary N) is 1. The Balaban J connectivity index is 1.70. The lowest BCUT2D eigenvalue weighted by Crippen LogP contribution is -2.22. The minimum Gasteiger partial charge on any atom is -0.459 e. The smallest absolute Gasteiger partial charge is 0.357 e. The average Bonchev–Trinajstić information content (AvgIpc) is 3.04. The summed E-state index contributed by atoms with van der Waals surface area (Å²) in [7, 11) is 0. The summed E-state index contributed by atoms with van der Waals surface area (Å²) in [6, 6.07) is 4.85. The molecule has 1 aliphatic carbocycles. The molecule has 2 aromatic heterocycles. The van der Waals surface area contributed by atoms with Gasteiger partial charge in [0, 0.05) is 11.1 Å². The second kappa shape index (κ2) is 8.97. The van der Waals surface area contributed by atoms with Crippen molar-refractivity contribution in [2.45, 2.75) is 45.6 Å². The molecular weight excluding hydrogens is 380 g/mol. The number of esters is 2. The van der Waals surface area contributed by atoms with E-state index in [-0.39, 0.29) is 11.8 Å². The number of hydrogen-bond donors (Lipinski definition) is 1. The molecule has 1 aliphatic rings. The van der Waals surface area contributed by atoms with Crippen molar-refractivity contribution < 1.29 is 23.9 Å². The van der Waals surface area contributed by atoms with Crippen LogP contribution in [0.3, 0.4) is 0 Å². The van der Waals surface area contributed by atoms with Gasteiger partial charge in [-0.2, -0.15) is 0 Å². The molecule has 0 radical (unpaired) electrons. The summed E-state index contributed by atoms with van der Waals surface area (Å²) in [5.41, 5.74) is 1.52. The van der Waals surface area contributed by atoms with Crippen molar-refractivity contribution in [3.05, 3.63) is 46.1 Å². The van der Waals surface area contributed by atoms with Crippen molar-refractivity contribution in [2.75, 3.05) is 11.9 Å². The third kappa shape index (κ3) is 4.75. The number of thiophene rings is 1. The van der Waals surface area contributed by atoms with Gasteiger partial charge < -0.3 is 14.8 Å². The van der Waals surface area contributed by atoms with Gasteiger partial charge in [-0.05, 0) is 57.2 Å². The van der Waals surface area contributed by atoms with E-state index >= 15 is 0 Å². The molecule has 148 valence electrons. The molecule has 0 unspecified atom stereocenters. The van der Waals surface area contributed by atoms with Gasteiger partial charge >= 0.3 is 11.9 Å². The summed E-state index contributed by atoms with van der Waals surface area (Å²) in [4.78, 5) is 41.8. The van der Waals surface area contributed by atoms with Crippen LogP contribution in [0.5, 0.6) is 0 Å². The predicted molar refractivity (Wildman–Crippen MR) is 105 cm³/mol. The van der Waals surface area contributed by atoms with Gasteiger partial charge in [0.1, 0.15) is 10.7 Å². The van der Waals surface area contributed by atoms with Crippen molar-refractivity contribution in [2.24, 2.45) is 0 Å². The van der Waals surface area contributed by atoms with E-state index in [4.69, 9.17) is 9.47 Å². The third-order valence-electron chi connectivity index (χ3n) is 4.18.